The van der Waals surface area contributed by atoms with Gasteiger partial charge in [-0.1, -0.05) is 19.1 Å². The summed E-state index contributed by atoms with van der Waals surface area (Å²) in [4.78, 5) is 11.7. The molecule has 0 heterocycles. The highest BCUT2D eigenvalue weighted by Gasteiger charge is 2.75. The van der Waals surface area contributed by atoms with Crippen LogP contribution in [0.3, 0.4) is 0 Å². The second-order valence-corrected chi connectivity index (χ2v) is 7.97. The maximum Gasteiger partial charge on any atom is 0.156 e. The van der Waals surface area contributed by atoms with Crippen LogP contribution in [0, 0.1) is 22.7 Å². The van der Waals surface area contributed by atoms with E-state index in [1.54, 1.807) is 0 Å². The van der Waals surface area contributed by atoms with Crippen molar-refractivity contribution < 1.29 is 9.90 Å². The maximum absolute atomic E-state index is 11.7. The molecule has 0 bridgehead atoms. The molecule has 21 heavy (non-hydrogen) atoms. The molecule has 2 nitrogen and oxygen atoms in total. The Morgan fingerprint density at radius 1 is 1.29 bits per heavy atom. The molecule has 0 aromatic rings. The number of aliphatic hydroxyl groups is 1. The first-order chi connectivity index (χ1) is 10.1. The lowest BCUT2D eigenvalue weighted by atomic mass is 9.57. The van der Waals surface area contributed by atoms with Crippen LogP contribution in [0.25, 0.3) is 0 Å². The molecule has 0 radical (unpaired) electrons. The molecule has 2 heteroatoms. The smallest absolute Gasteiger partial charge is 0.156 e. The minimum atomic E-state index is -0.163. The Kier molecular flexibility index (Phi) is 2.13. The van der Waals surface area contributed by atoms with Gasteiger partial charge in [0.25, 0.3) is 0 Å². The number of aliphatic hydroxyl groups excluding tert-OH is 1. The van der Waals surface area contributed by atoms with Crippen LogP contribution in [-0.4, -0.2) is 17.0 Å². The molecule has 1 N–H and O–H groups in total. The van der Waals surface area contributed by atoms with Gasteiger partial charge in [-0.25, -0.2) is 0 Å². The Balaban J connectivity index is 1.69. The Labute approximate surface area is 125 Å². The van der Waals surface area contributed by atoms with Crippen molar-refractivity contribution >= 4 is 5.78 Å². The number of hydrogen-bond donors (Lipinski definition) is 1. The van der Waals surface area contributed by atoms with Crippen LogP contribution in [0.15, 0.2) is 34.9 Å². The predicted octanol–water partition coefficient (Wildman–Crippen LogP) is 3.33. The van der Waals surface area contributed by atoms with Gasteiger partial charge in [0.2, 0.25) is 0 Å². The largest absolute Gasteiger partial charge is 0.392 e. The Morgan fingerprint density at radius 3 is 3.00 bits per heavy atom. The van der Waals surface area contributed by atoms with Gasteiger partial charge < -0.3 is 5.11 Å². The Bertz CT molecular complexity index is 652. The number of hydrogen-bond acceptors (Lipinski definition) is 2. The van der Waals surface area contributed by atoms with E-state index in [1.165, 1.54) is 29.6 Å². The molecule has 2 saturated carbocycles. The lowest BCUT2D eigenvalue weighted by Crippen LogP contribution is -2.43. The van der Waals surface area contributed by atoms with Gasteiger partial charge in [0.15, 0.2) is 5.78 Å². The third-order valence-electron chi connectivity index (χ3n) is 7.36. The predicted molar refractivity (Wildman–Crippen MR) is 80.5 cm³/mol. The quantitative estimate of drug-likeness (QED) is 0.740. The highest BCUT2D eigenvalue weighted by molar-refractivity contribution is 5.93. The Hall–Kier alpha value is -1.15. The van der Waals surface area contributed by atoms with E-state index < -0.39 is 0 Å². The summed E-state index contributed by atoms with van der Waals surface area (Å²) in [6.07, 6.45) is 12.5. The first-order valence-electron chi connectivity index (χ1n) is 8.40. The molecule has 0 aromatic carbocycles. The minimum absolute atomic E-state index is 0.0158. The molecule has 1 spiro atoms. The van der Waals surface area contributed by atoms with Crippen LogP contribution >= 0.6 is 0 Å². The number of carbonyl (C=O) groups excluding carboxylic acids is 1. The minimum Gasteiger partial charge on any atom is -0.392 e. The van der Waals surface area contributed by atoms with Crippen molar-refractivity contribution in [1.29, 1.82) is 0 Å². The second kappa shape index (κ2) is 3.60. The first kappa shape index (κ1) is 12.4. The zero-order valence-corrected chi connectivity index (χ0v) is 12.6. The first-order valence-corrected chi connectivity index (χ1v) is 8.40. The molecule has 0 aromatic heterocycles. The van der Waals surface area contributed by atoms with E-state index in [2.05, 4.69) is 19.1 Å². The molecule has 0 saturated heterocycles. The topological polar surface area (TPSA) is 37.3 Å². The van der Waals surface area contributed by atoms with E-state index in [0.29, 0.717) is 23.5 Å². The number of rotatable bonds is 0. The van der Waals surface area contributed by atoms with E-state index in [4.69, 9.17) is 0 Å². The van der Waals surface area contributed by atoms with Gasteiger partial charge in [0, 0.05) is 11.8 Å². The average molecular weight is 282 g/mol. The molecular weight excluding hydrogens is 260 g/mol. The number of ketones is 1. The van der Waals surface area contributed by atoms with E-state index in [1.807, 2.05) is 6.08 Å². The summed E-state index contributed by atoms with van der Waals surface area (Å²) in [7, 11) is 0. The summed E-state index contributed by atoms with van der Waals surface area (Å²) in [5, 5.41) is 10.5. The lowest BCUT2D eigenvalue weighted by molar-refractivity contribution is -0.114. The molecule has 0 aliphatic heterocycles. The van der Waals surface area contributed by atoms with Gasteiger partial charge in [-0.15, -0.1) is 0 Å². The van der Waals surface area contributed by atoms with E-state index in [-0.39, 0.29) is 11.5 Å². The summed E-state index contributed by atoms with van der Waals surface area (Å²) in [5.41, 5.74) is 4.59. The third kappa shape index (κ3) is 1.27. The van der Waals surface area contributed by atoms with Crippen LogP contribution in [0.4, 0.5) is 0 Å². The summed E-state index contributed by atoms with van der Waals surface area (Å²) in [6.45, 7) is 2.28. The van der Waals surface area contributed by atoms with E-state index in [9.17, 15) is 9.90 Å². The molecule has 5 aliphatic rings. The molecular formula is C19H22O2. The monoisotopic (exact) mass is 282 g/mol. The molecule has 0 amide bonds. The average Bonchev–Trinajstić information content (AvgIpc) is 3.12. The van der Waals surface area contributed by atoms with Crippen molar-refractivity contribution in [2.24, 2.45) is 22.7 Å². The van der Waals surface area contributed by atoms with E-state index in [0.717, 1.165) is 25.2 Å². The molecule has 2 fully saturated rings. The highest BCUT2D eigenvalue weighted by atomic mass is 16.3. The van der Waals surface area contributed by atoms with Crippen molar-refractivity contribution in [3.8, 4) is 0 Å². The van der Waals surface area contributed by atoms with E-state index >= 15 is 0 Å². The van der Waals surface area contributed by atoms with Gasteiger partial charge in [-0.05, 0) is 72.2 Å². The SMILES string of the molecule is C[C@]12C=CC3=C4CCC(=O)C=C4CC[C@H]3[C@]13C[C@@H]3C[C@@H]2O. The number of carbonyl (C=O) groups is 1. The van der Waals surface area contributed by atoms with Gasteiger partial charge in [0.1, 0.15) is 0 Å². The normalized spacial score (nSPS) is 50.1. The van der Waals surface area contributed by atoms with Crippen molar-refractivity contribution in [3.05, 3.63) is 34.9 Å². The molecule has 0 unspecified atom stereocenters. The van der Waals surface area contributed by atoms with Crippen molar-refractivity contribution in [2.75, 3.05) is 0 Å². The van der Waals surface area contributed by atoms with Gasteiger partial charge >= 0.3 is 0 Å². The van der Waals surface area contributed by atoms with Crippen LogP contribution in [-0.2, 0) is 4.79 Å². The highest BCUT2D eigenvalue weighted by Crippen LogP contribution is 2.79. The standard InChI is InChI=1S/C19H22O2/c1-18-7-6-15-14-4-3-13(20)8-11(14)2-5-16(15)19(18)10-12(19)9-17(18)21/h6-8,12,16-17,21H,2-5,9-10H2,1H3/t12-,16+,17-,18+,19+/m0/s1. The fourth-order valence-electron chi connectivity index (χ4n) is 6.19. The molecule has 5 aliphatic carbocycles. The summed E-state index contributed by atoms with van der Waals surface area (Å²) < 4.78 is 0. The van der Waals surface area contributed by atoms with Crippen LogP contribution in [0.5, 0.6) is 0 Å². The maximum atomic E-state index is 11.7. The molecule has 110 valence electrons. The fraction of sp³-hybridized carbons (Fsp3) is 0.632. The fourth-order valence-corrected chi connectivity index (χ4v) is 6.19. The summed E-state index contributed by atoms with van der Waals surface area (Å²) in [5.74, 6) is 1.64. The van der Waals surface area contributed by atoms with Crippen LogP contribution in [0.2, 0.25) is 0 Å². The molecule has 5 rings (SSSR count). The second-order valence-electron chi connectivity index (χ2n) is 7.97. The van der Waals surface area contributed by atoms with Gasteiger partial charge in [0.05, 0.1) is 6.10 Å². The van der Waals surface area contributed by atoms with Crippen LogP contribution < -0.4 is 0 Å². The third-order valence-corrected chi connectivity index (χ3v) is 7.36. The van der Waals surface area contributed by atoms with Crippen molar-refractivity contribution in [3.63, 3.8) is 0 Å². The van der Waals surface area contributed by atoms with Gasteiger partial charge in [-0.3, -0.25) is 4.79 Å². The summed E-state index contributed by atoms with van der Waals surface area (Å²) in [6, 6.07) is 0. The van der Waals surface area contributed by atoms with Gasteiger partial charge in [-0.2, -0.15) is 0 Å². The van der Waals surface area contributed by atoms with Crippen LogP contribution in [0.1, 0.15) is 45.4 Å². The molecule has 5 atom stereocenters. The summed E-state index contributed by atoms with van der Waals surface area (Å²) >= 11 is 0. The number of fused-ring (bicyclic) bond motifs is 2. The van der Waals surface area contributed by atoms with Crippen molar-refractivity contribution in [1.82, 2.24) is 0 Å². The Morgan fingerprint density at radius 2 is 2.14 bits per heavy atom. The van der Waals surface area contributed by atoms with Crippen molar-refractivity contribution in [2.45, 2.75) is 51.6 Å². The lowest BCUT2D eigenvalue weighted by Gasteiger charge is -2.47. The zero-order valence-electron chi connectivity index (χ0n) is 12.6. The number of allylic oxidation sites excluding steroid dienone is 5. The zero-order chi connectivity index (χ0) is 14.4.